The monoisotopic (exact) mass is 468 g/mol. The van der Waals surface area contributed by atoms with E-state index in [9.17, 15) is 14.4 Å². The van der Waals surface area contributed by atoms with Gasteiger partial charge >= 0.3 is 0 Å². The fourth-order valence-corrected chi connectivity index (χ4v) is 4.38. The summed E-state index contributed by atoms with van der Waals surface area (Å²) in [5.74, 6) is -0.187. The minimum absolute atomic E-state index is 0.0899. The normalized spacial score (nSPS) is 10.4. The SMILES string of the molecule is CC(=O)Nc1ccc(NC(=O)CSc2nc(CC(=O)NCc3ccc(C)cc3)cs2)cc1. The molecule has 3 rings (SSSR count). The van der Waals surface area contributed by atoms with Crippen LogP contribution in [0.1, 0.15) is 23.7 Å². The van der Waals surface area contributed by atoms with Gasteiger partial charge in [-0.05, 0) is 36.8 Å². The van der Waals surface area contributed by atoms with Crippen LogP contribution in [0.5, 0.6) is 0 Å². The van der Waals surface area contributed by atoms with E-state index in [-0.39, 0.29) is 29.9 Å². The number of carbonyl (C=O) groups is 3. The maximum Gasteiger partial charge on any atom is 0.234 e. The molecule has 3 aromatic rings. The number of nitrogens with one attached hydrogen (secondary N) is 3. The number of rotatable bonds is 9. The molecular weight excluding hydrogens is 444 g/mol. The number of aromatic nitrogens is 1. The van der Waals surface area contributed by atoms with Crippen molar-refractivity contribution in [3.8, 4) is 0 Å². The van der Waals surface area contributed by atoms with Gasteiger partial charge in [0.15, 0.2) is 4.34 Å². The van der Waals surface area contributed by atoms with E-state index in [1.165, 1.54) is 35.6 Å². The minimum Gasteiger partial charge on any atom is -0.352 e. The fourth-order valence-electron chi connectivity index (χ4n) is 2.73. The van der Waals surface area contributed by atoms with Crippen molar-refractivity contribution in [1.29, 1.82) is 0 Å². The van der Waals surface area contributed by atoms with Crippen molar-refractivity contribution in [2.75, 3.05) is 16.4 Å². The second kappa shape index (κ2) is 11.4. The average Bonchev–Trinajstić information content (AvgIpc) is 3.20. The van der Waals surface area contributed by atoms with Crippen LogP contribution in [-0.4, -0.2) is 28.5 Å². The van der Waals surface area contributed by atoms with Gasteiger partial charge in [0.2, 0.25) is 17.7 Å². The van der Waals surface area contributed by atoms with E-state index in [1.54, 1.807) is 24.3 Å². The fraction of sp³-hybridized carbons (Fsp3) is 0.217. The topological polar surface area (TPSA) is 100 Å². The van der Waals surface area contributed by atoms with Crippen LogP contribution in [0.2, 0.25) is 0 Å². The number of hydrogen-bond donors (Lipinski definition) is 3. The summed E-state index contributed by atoms with van der Waals surface area (Å²) in [6, 6.07) is 14.9. The second-order valence-electron chi connectivity index (χ2n) is 7.14. The Bertz CT molecular complexity index is 1080. The molecule has 2 aromatic carbocycles. The summed E-state index contributed by atoms with van der Waals surface area (Å²) >= 11 is 2.74. The van der Waals surface area contributed by atoms with Crippen molar-refractivity contribution < 1.29 is 14.4 Å². The lowest BCUT2D eigenvalue weighted by Crippen LogP contribution is -2.24. The molecule has 3 amide bonds. The van der Waals surface area contributed by atoms with Gasteiger partial charge in [0.1, 0.15) is 0 Å². The van der Waals surface area contributed by atoms with E-state index >= 15 is 0 Å². The van der Waals surface area contributed by atoms with Crippen molar-refractivity contribution in [3.05, 3.63) is 70.7 Å². The Labute approximate surface area is 195 Å². The Morgan fingerprint density at radius 1 is 0.938 bits per heavy atom. The van der Waals surface area contributed by atoms with E-state index in [0.29, 0.717) is 23.6 Å². The maximum atomic E-state index is 12.2. The number of nitrogens with zero attached hydrogens (tertiary/aromatic N) is 1. The summed E-state index contributed by atoms with van der Waals surface area (Å²) in [6.45, 7) is 3.95. The lowest BCUT2D eigenvalue weighted by molar-refractivity contribution is -0.120. The summed E-state index contributed by atoms with van der Waals surface area (Å²) in [5, 5.41) is 10.2. The zero-order chi connectivity index (χ0) is 22.9. The van der Waals surface area contributed by atoms with Crippen LogP contribution in [0.15, 0.2) is 58.3 Å². The quantitative estimate of drug-likeness (QED) is 0.412. The van der Waals surface area contributed by atoms with Crippen LogP contribution in [-0.2, 0) is 27.3 Å². The summed E-state index contributed by atoms with van der Waals surface area (Å²) in [4.78, 5) is 39.8. The third-order valence-electron chi connectivity index (χ3n) is 4.30. The lowest BCUT2D eigenvalue weighted by Gasteiger charge is -2.06. The van der Waals surface area contributed by atoms with E-state index in [2.05, 4.69) is 20.9 Å². The summed E-state index contributed by atoms with van der Waals surface area (Å²) in [6.07, 6.45) is 0.204. The highest BCUT2D eigenvalue weighted by Gasteiger charge is 2.10. The van der Waals surface area contributed by atoms with Gasteiger partial charge in [-0.25, -0.2) is 4.98 Å². The number of thioether (sulfide) groups is 1. The van der Waals surface area contributed by atoms with E-state index < -0.39 is 0 Å². The first-order valence-electron chi connectivity index (χ1n) is 9.94. The van der Waals surface area contributed by atoms with E-state index in [0.717, 1.165) is 9.90 Å². The highest BCUT2D eigenvalue weighted by Crippen LogP contribution is 2.23. The summed E-state index contributed by atoms with van der Waals surface area (Å²) < 4.78 is 0.738. The molecule has 0 aliphatic rings. The molecule has 0 atom stereocenters. The van der Waals surface area contributed by atoms with Crippen molar-refractivity contribution >= 4 is 52.2 Å². The molecule has 0 saturated carbocycles. The Morgan fingerprint density at radius 3 is 2.25 bits per heavy atom. The first-order valence-corrected chi connectivity index (χ1v) is 11.8. The molecule has 1 aromatic heterocycles. The highest BCUT2D eigenvalue weighted by molar-refractivity contribution is 8.01. The van der Waals surface area contributed by atoms with Crippen LogP contribution >= 0.6 is 23.1 Å². The van der Waals surface area contributed by atoms with Crippen molar-refractivity contribution in [2.45, 2.75) is 31.2 Å². The molecule has 32 heavy (non-hydrogen) atoms. The molecule has 9 heteroatoms. The molecule has 166 valence electrons. The van der Waals surface area contributed by atoms with Gasteiger partial charge < -0.3 is 16.0 Å². The molecule has 0 saturated heterocycles. The molecule has 0 spiro atoms. The Kier molecular flexibility index (Phi) is 8.41. The zero-order valence-electron chi connectivity index (χ0n) is 17.8. The number of benzene rings is 2. The van der Waals surface area contributed by atoms with E-state index in [1.807, 2.05) is 36.6 Å². The second-order valence-corrected chi connectivity index (χ2v) is 9.22. The van der Waals surface area contributed by atoms with Gasteiger partial charge in [0.25, 0.3) is 0 Å². The van der Waals surface area contributed by atoms with Crippen LogP contribution in [0.4, 0.5) is 11.4 Å². The average molecular weight is 469 g/mol. The van der Waals surface area contributed by atoms with Crippen LogP contribution in [0, 0.1) is 6.92 Å². The molecule has 0 aliphatic heterocycles. The smallest absolute Gasteiger partial charge is 0.234 e. The molecule has 0 fully saturated rings. The van der Waals surface area contributed by atoms with Crippen molar-refractivity contribution in [2.24, 2.45) is 0 Å². The van der Waals surface area contributed by atoms with Crippen molar-refractivity contribution in [3.63, 3.8) is 0 Å². The number of aryl methyl sites for hydroxylation is 1. The molecule has 0 radical (unpaired) electrons. The number of anilines is 2. The van der Waals surface area contributed by atoms with Crippen LogP contribution in [0.3, 0.4) is 0 Å². The van der Waals surface area contributed by atoms with Crippen LogP contribution < -0.4 is 16.0 Å². The van der Waals surface area contributed by atoms with Gasteiger partial charge in [0, 0.05) is 30.2 Å². The molecule has 0 unspecified atom stereocenters. The Morgan fingerprint density at radius 2 is 1.59 bits per heavy atom. The number of hydrogen-bond acceptors (Lipinski definition) is 6. The van der Waals surface area contributed by atoms with Crippen molar-refractivity contribution in [1.82, 2.24) is 10.3 Å². The van der Waals surface area contributed by atoms with Gasteiger partial charge in [0.05, 0.1) is 17.9 Å². The first kappa shape index (κ1) is 23.5. The maximum absolute atomic E-state index is 12.2. The zero-order valence-corrected chi connectivity index (χ0v) is 19.4. The Hall–Kier alpha value is -3.17. The first-order chi connectivity index (χ1) is 15.4. The molecular formula is C23H24N4O3S2. The molecule has 3 N–H and O–H groups in total. The van der Waals surface area contributed by atoms with Gasteiger partial charge in [-0.2, -0.15) is 0 Å². The molecule has 7 nitrogen and oxygen atoms in total. The predicted octanol–water partition coefficient (Wildman–Crippen LogP) is 4.00. The lowest BCUT2D eigenvalue weighted by atomic mass is 10.1. The highest BCUT2D eigenvalue weighted by atomic mass is 32.2. The number of carbonyl (C=O) groups excluding carboxylic acids is 3. The van der Waals surface area contributed by atoms with Gasteiger partial charge in [-0.3, -0.25) is 14.4 Å². The molecule has 0 aliphatic carbocycles. The van der Waals surface area contributed by atoms with Gasteiger partial charge in [-0.15, -0.1) is 11.3 Å². The third kappa shape index (κ3) is 7.82. The van der Waals surface area contributed by atoms with Crippen LogP contribution in [0.25, 0.3) is 0 Å². The molecule has 0 bridgehead atoms. The Balaban J connectivity index is 1.40. The predicted molar refractivity (Wildman–Crippen MR) is 129 cm³/mol. The summed E-state index contributed by atoms with van der Waals surface area (Å²) in [7, 11) is 0. The number of thiazole rings is 1. The minimum atomic E-state index is -0.158. The molecule has 1 heterocycles. The number of amides is 3. The van der Waals surface area contributed by atoms with E-state index in [4.69, 9.17) is 0 Å². The third-order valence-corrected chi connectivity index (χ3v) is 6.37. The largest absolute Gasteiger partial charge is 0.352 e. The van der Waals surface area contributed by atoms with Gasteiger partial charge in [-0.1, -0.05) is 41.6 Å². The standard InChI is InChI=1S/C23H24N4O3S2/c1-15-3-5-17(6-4-15)12-24-21(29)11-20-13-31-23(27-20)32-14-22(30)26-19-9-7-18(8-10-19)25-16(2)28/h3-10,13H,11-12,14H2,1-2H3,(H,24,29)(H,25,28)(H,26,30). The summed E-state index contributed by atoms with van der Waals surface area (Å²) in [5.41, 5.74) is 4.24.